The molecule has 2 N–H and O–H groups in total. The van der Waals surface area contributed by atoms with Gasteiger partial charge in [0.1, 0.15) is 4.21 Å². The first kappa shape index (κ1) is 16.0. The van der Waals surface area contributed by atoms with Gasteiger partial charge in [0.15, 0.2) is 0 Å². The zero-order chi connectivity index (χ0) is 15.3. The van der Waals surface area contributed by atoms with Crippen LogP contribution in [0.25, 0.3) is 0 Å². The van der Waals surface area contributed by atoms with E-state index in [4.69, 9.17) is 0 Å². The van der Waals surface area contributed by atoms with E-state index in [0.717, 1.165) is 4.88 Å². The van der Waals surface area contributed by atoms with Gasteiger partial charge in [0.25, 0.3) is 0 Å². The Labute approximate surface area is 128 Å². The van der Waals surface area contributed by atoms with Gasteiger partial charge >= 0.3 is 0 Å². The quantitative estimate of drug-likeness (QED) is 0.806. The Bertz CT molecular complexity index is 668. The lowest BCUT2D eigenvalue weighted by molar-refractivity contribution is 0.582. The fourth-order valence-electron chi connectivity index (χ4n) is 1.57. The molecule has 0 bridgehead atoms. The van der Waals surface area contributed by atoms with Crippen molar-refractivity contribution >= 4 is 21.4 Å². The number of sulfonamides is 1. The highest BCUT2D eigenvalue weighted by Gasteiger charge is 2.16. The lowest BCUT2D eigenvalue weighted by Gasteiger charge is -2.05. The van der Waals surface area contributed by atoms with Gasteiger partial charge in [0.2, 0.25) is 10.0 Å². The number of rotatable bonds is 7. The number of nitrogens with zero attached hydrogens (tertiary/aromatic N) is 2. The van der Waals surface area contributed by atoms with E-state index in [9.17, 15) is 8.42 Å². The van der Waals surface area contributed by atoms with E-state index in [1.807, 2.05) is 19.9 Å². The Balaban J connectivity index is 1.99. The minimum Gasteiger partial charge on any atom is -0.310 e. The zero-order valence-electron chi connectivity index (χ0n) is 11.9. The van der Waals surface area contributed by atoms with Crippen molar-refractivity contribution in [2.75, 3.05) is 0 Å². The van der Waals surface area contributed by atoms with Crippen molar-refractivity contribution in [3.8, 4) is 0 Å². The van der Waals surface area contributed by atoms with Crippen LogP contribution >= 0.6 is 11.3 Å². The molecule has 0 amide bonds. The summed E-state index contributed by atoms with van der Waals surface area (Å²) in [6.45, 7) is 4.90. The summed E-state index contributed by atoms with van der Waals surface area (Å²) in [7, 11) is -3.50. The maximum atomic E-state index is 12.2. The van der Waals surface area contributed by atoms with Crippen molar-refractivity contribution < 1.29 is 8.42 Å². The van der Waals surface area contributed by atoms with Crippen molar-refractivity contribution in [2.45, 2.75) is 37.2 Å². The molecule has 114 valence electrons. The van der Waals surface area contributed by atoms with Crippen molar-refractivity contribution in [3.63, 3.8) is 0 Å². The summed E-state index contributed by atoms with van der Waals surface area (Å²) in [5.74, 6) is 0. The molecule has 2 aromatic rings. The number of hydrogen-bond acceptors (Lipinski definition) is 6. The molecule has 0 aliphatic rings. The lowest BCUT2D eigenvalue weighted by atomic mass is 10.4. The summed E-state index contributed by atoms with van der Waals surface area (Å²) in [5, 5.41) is 10.8. The van der Waals surface area contributed by atoms with Crippen LogP contribution in [-0.4, -0.2) is 24.7 Å². The number of aromatic nitrogens is 2. The van der Waals surface area contributed by atoms with E-state index in [2.05, 4.69) is 20.2 Å². The van der Waals surface area contributed by atoms with Gasteiger partial charge in [0, 0.05) is 23.7 Å². The van der Waals surface area contributed by atoms with Gasteiger partial charge in [-0.3, -0.25) is 0 Å². The molecule has 0 aliphatic carbocycles. The monoisotopic (exact) mass is 326 g/mol. The van der Waals surface area contributed by atoms with Crippen LogP contribution in [0.15, 0.2) is 34.7 Å². The molecule has 0 saturated heterocycles. The second-order valence-corrected chi connectivity index (χ2v) is 7.96. The Hall–Kier alpha value is -1.35. The third-order valence-electron chi connectivity index (χ3n) is 2.66. The second-order valence-electron chi connectivity index (χ2n) is 4.80. The highest BCUT2D eigenvalue weighted by atomic mass is 32.2. The summed E-state index contributed by atoms with van der Waals surface area (Å²) in [5.41, 5.74) is 0.583. The first-order valence-corrected chi connectivity index (χ1v) is 8.85. The third kappa shape index (κ3) is 4.85. The van der Waals surface area contributed by atoms with Crippen LogP contribution in [0.5, 0.6) is 0 Å². The van der Waals surface area contributed by atoms with E-state index in [1.54, 1.807) is 24.4 Å². The molecule has 2 heterocycles. The molecule has 2 rings (SSSR count). The standard InChI is InChI=1S/C13H18N4O2S2/c1-10(2)14-9-12-5-6-13(20-12)21(18,19)16-8-11-4-3-7-15-17-11/h3-7,10,14,16H,8-9H2,1-2H3. The topological polar surface area (TPSA) is 84.0 Å². The average molecular weight is 326 g/mol. The summed E-state index contributed by atoms with van der Waals surface area (Å²) < 4.78 is 27.2. The summed E-state index contributed by atoms with van der Waals surface area (Å²) in [6.07, 6.45) is 1.55. The van der Waals surface area contributed by atoms with Gasteiger partial charge in [0.05, 0.1) is 12.2 Å². The van der Waals surface area contributed by atoms with Crippen LogP contribution in [0.1, 0.15) is 24.4 Å². The highest BCUT2D eigenvalue weighted by Crippen LogP contribution is 2.21. The van der Waals surface area contributed by atoms with E-state index in [0.29, 0.717) is 22.5 Å². The molecular formula is C13H18N4O2S2. The molecule has 0 aliphatic heterocycles. The van der Waals surface area contributed by atoms with Crippen LogP contribution in [0.4, 0.5) is 0 Å². The van der Waals surface area contributed by atoms with E-state index in [1.165, 1.54) is 11.3 Å². The summed E-state index contributed by atoms with van der Waals surface area (Å²) in [4.78, 5) is 0.989. The Morgan fingerprint density at radius 1 is 1.24 bits per heavy atom. The summed E-state index contributed by atoms with van der Waals surface area (Å²) in [6, 6.07) is 7.26. The van der Waals surface area contributed by atoms with E-state index >= 15 is 0 Å². The Morgan fingerprint density at radius 3 is 2.71 bits per heavy atom. The van der Waals surface area contributed by atoms with Crippen LogP contribution in [0.2, 0.25) is 0 Å². The first-order chi connectivity index (χ1) is 9.97. The molecule has 21 heavy (non-hydrogen) atoms. The van der Waals surface area contributed by atoms with E-state index in [-0.39, 0.29) is 6.54 Å². The van der Waals surface area contributed by atoms with Crippen LogP contribution in [0.3, 0.4) is 0 Å². The van der Waals surface area contributed by atoms with Gasteiger partial charge in [-0.1, -0.05) is 13.8 Å². The normalized spacial score (nSPS) is 12.0. The SMILES string of the molecule is CC(C)NCc1ccc(S(=O)(=O)NCc2cccnn2)s1. The first-order valence-electron chi connectivity index (χ1n) is 6.56. The average Bonchev–Trinajstić information content (AvgIpc) is 2.94. The van der Waals surface area contributed by atoms with Crippen molar-refractivity contribution in [1.82, 2.24) is 20.2 Å². The van der Waals surface area contributed by atoms with Gasteiger partial charge in [-0.15, -0.1) is 11.3 Å². The molecule has 8 heteroatoms. The molecule has 0 aromatic carbocycles. The van der Waals surface area contributed by atoms with Crippen LogP contribution in [0, 0.1) is 0 Å². The number of hydrogen-bond donors (Lipinski definition) is 2. The van der Waals surface area contributed by atoms with Gasteiger partial charge in [-0.2, -0.15) is 10.2 Å². The van der Waals surface area contributed by atoms with Crippen molar-refractivity contribution in [1.29, 1.82) is 0 Å². The molecule has 0 fully saturated rings. The van der Waals surface area contributed by atoms with Gasteiger partial charge < -0.3 is 5.32 Å². The van der Waals surface area contributed by atoms with Crippen LogP contribution in [-0.2, 0) is 23.1 Å². The minimum absolute atomic E-state index is 0.133. The number of thiophene rings is 1. The molecule has 0 spiro atoms. The molecule has 0 unspecified atom stereocenters. The predicted octanol–water partition coefficient (Wildman–Crippen LogP) is 1.51. The van der Waals surface area contributed by atoms with Crippen LogP contribution < -0.4 is 10.0 Å². The third-order valence-corrected chi connectivity index (χ3v) is 5.64. The number of nitrogens with one attached hydrogen (secondary N) is 2. The molecule has 0 radical (unpaired) electrons. The predicted molar refractivity (Wildman–Crippen MR) is 82.4 cm³/mol. The van der Waals surface area contributed by atoms with E-state index < -0.39 is 10.0 Å². The maximum absolute atomic E-state index is 12.2. The highest BCUT2D eigenvalue weighted by molar-refractivity contribution is 7.91. The smallest absolute Gasteiger partial charge is 0.250 e. The molecule has 6 nitrogen and oxygen atoms in total. The summed E-state index contributed by atoms with van der Waals surface area (Å²) >= 11 is 1.27. The maximum Gasteiger partial charge on any atom is 0.250 e. The second kappa shape index (κ2) is 7.08. The van der Waals surface area contributed by atoms with Crippen molar-refractivity contribution in [3.05, 3.63) is 41.0 Å². The van der Waals surface area contributed by atoms with Crippen molar-refractivity contribution in [2.24, 2.45) is 0 Å². The van der Waals surface area contributed by atoms with Gasteiger partial charge in [-0.25, -0.2) is 13.1 Å². The fraction of sp³-hybridized carbons (Fsp3) is 0.385. The molecular weight excluding hydrogens is 308 g/mol. The fourth-order valence-corrected chi connectivity index (χ4v) is 3.92. The minimum atomic E-state index is -3.50. The molecule has 0 saturated carbocycles. The van der Waals surface area contributed by atoms with Gasteiger partial charge in [-0.05, 0) is 24.3 Å². The zero-order valence-corrected chi connectivity index (χ0v) is 13.5. The molecule has 0 atom stereocenters. The Morgan fingerprint density at radius 2 is 2.05 bits per heavy atom. The Kier molecular flexibility index (Phi) is 5.40. The molecule has 2 aromatic heterocycles. The lowest BCUT2D eigenvalue weighted by Crippen LogP contribution is -2.23. The largest absolute Gasteiger partial charge is 0.310 e.